The van der Waals surface area contributed by atoms with E-state index in [1.807, 2.05) is 25.5 Å². The van der Waals surface area contributed by atoms with E-state index < -0.39 is 5.97 Å². The van der Waals surface area contributed by atoms with Crippen molar-refractivity contribution < 1.29 is 9.90 Å². The first-order chi connectivity index (χ1) is 6.43. The first-order valence-corrected chi connectivity index (χ1v) is 5.15. The normalized spacial score (nSPS) is 10.9. The summed E-state index contributed by atoms with van der Waals surface area (Å²) in [5.74, 6) is 0.343. The van der Waals surface area contributed by atoms with Crippen LogP contribution in [0.4, 0.5) is 0 Å². The molecule has 0 aliphatic rings. The second-order valence-electron chi connectivity index (χ2n) is 3.49. The SMILES string of the molecule is CC(C)c1nc(Br)c(CC(=O)O)n1C. The van der Waals surface area contributed by atoms with E-state index in [2.05, 4.69) is 20.9 Å². The average Bonchev–Trinajstić information content (AvgIpc) is 2.31. The average molecular weight is 261 g/mol. The highest BCUT2D eigenvalue weighted by Gasteiger charge is 2.16. The molecule has 0 bridgehead atoms. The molecule has 0 radical (unpaired) electrons. The number of carboxylic acid groups (broad SMARTS) is 1. The van der Waals surface area contributed by atoms with Crippen LogP contribution in [0, 0.1) is 0 Å². The molecule has 78 valence electrons. The number of carbonyl (C=O) groups is 1. The number of aromatic nitrogens is 2. The Morgan fingerprint density at radius 1 is 1.64 bits per heavy atom. The Bertz CT molecular complexity index is 358. The largest absolute Gasteiger partial charge is 0.481 e. The molecular formula is C9H13BrN2O2. The number of rotatable bonds is 3. The molecule has 0 fully saturated rings. The van der Waals surface area contributed by atoms with Gasteiger partial charge in [-0.25, -0.2) is 4.98 Å². The maximum atomic E-state index is 10.6. The third kappa shape index (κ3) is 2.15. The maximum Gasteiger partial charge on any atom is 0.309 e. The molecule has 0 saturated carbocycles. The van der Waals surface area contributed by atoms with Crippen molar-refractivity contribution in [2.45, 2.75) is 26.2 Å². The van der Waals surface area contributed by atoms with Crippen molar-refractivity contribution >= 4 is 21.9 Å². The zero-order chi connectivity index (χ0) is 10.9. The van der Waals surface area contributed by atoms with Gasteiger partial charge in [0, 0.05) is 13.0 Å². The fraction of sp³-hybridized carbons (Fsp3) is 0.556. The van der Waals surface area contributed by atoms with Gasteiger partial charge < -0.3 is 9.67 Å². The van der Waals surface area contributed by atoms with E-state index in [0.717, 1.165) is 5.82 Å². The van der Waals surface area contributed by atoms with Crippen molar-refractivity contribution in [3.8, 4) is 0 Å². The summed E-state index contributed by atoms with van der Waals surface area (Å²) in [5.41, 5.74) is 0.709. The Balaban J connectivity index is 3.11. The zero-order valence-corrected chi connectivity index (χ0v) is 10.00. The molecule has 1 heterocycles. The molecule has 14 heavy (non-hydrogen) atoms. The van der Waals surface area contributed by atoms with Gasteiger partial charge in [-0.1, -0.05) is 13.8 Å². The van der Waals surface area contributed by atoms with Crippen LogP contribution in [-0.4, -0.2) is 20.6 Å². The van der Waals surface area contributed by atoms with Gasteiger partial charge in [0.25, 0.3) is 0 Å². The van der Waals surface area contributed by atoms with Crippen molar-refractivity contribution in [3.63, 3.8) is 0 Å². The van der Waals surface area contributed by atoms with Crippen LogP contribution in [0.25, 0.3) is 0 Å². The molecular weight excluding hydrogens is 248 g/mol. The third-order valence-electron chi connectivity index (χ3n) is 2.03. The molecule has 0 unspecified atom stereocenters. The Kier molecular flexibility index (Phi) is 3.31. The molecule has 0 aromatic carbocycles. The lowest BCUT2D eigenvalue weighted by Gasteiger charge is -2.06. The minimum absolute atomic E-state index is 0.00317. The smallest absolute Gasteiger partial charge is 0.309 e. The monoisotopic (exact) mass is 260 g/mol. The van der Waals surface area contributed by atoms with E-state index in [-0.39, 0.29) is 6.42 Å². The van der Waals surface area contributed by atoms with Crippen LogP contribution in [0.2, 0.25) is 0 Å². The van der Waals surface area contributed by atoms with Gasteiger partial charge >= 0.3 is 5.97 Å². The van der Waals surface area contributed by atoms with E-state index >= 15 is 0 Å². The molecule has 1 rings (SSSR count). The standard InChI is InChI=1S/C9H13BrN2O2/c1-5(2)9-11-8(10)6(12(9)3)4-7(13)14/h5H,4H2,1-3H3,(H,13,14). The minimum atomic E-state index is -0.844. The van der Waals surface area contributed by atoms with E-state index in [0.29, 0.717) is 16.2 Å². The highest BCUT2D eigenvalue weighted by molar-refractivity contribution is 9.10. The lowest BCUT2D eigenvalue weighted by Crippen LogP contribution is -2.08. The van der Waals surface area contributed by atoms with Crippen molar-refractivity contribution in [3.05, 3.63) is 16.1 Å². The van der Waals surface area contributed by atoms with Gasteiger partial charge in [-0.2, -0.15) is 0 Å². The predicted molar refractivity (Wildman–Crippen MR) is 56.3 cm³/mol. The highest BCUT2D eigenvalue weighted by atomic mass is 79.9. The van der Waals surface area contributed by atoms with Crippen LogP contribution in [0.1, 0.15) is 31.3 Å². The zero-order valence-electron chi connectivity index (χ0n) is 8.41. The molecule has 0 atom stereocenters. The van der Waals surface area contributed by atoms with Crippen molar-refractivity contribution in [2.75, 3.05) is 0 Å². The maximum absolute atomic E-state index is 10.6. The van der Waals surface area contributed by atoms with E-state index in [1.165, 1.54) is 0 Å². The van der Waals surface area contributed by atoms with Gasteiger partial charge in [0.05, 0.1) is 12.1 Å². The van der Waals surface area contributed by atoms with Crippen molar-refractivity contribution in [1.82, 2.24) is 9.55 Å². The molecule has 1 N–H and O–H groups in total. The summed E-state index contributed by atoms with van der Waals surface area (Å²) in [6, 6.07) is 0. The predicted octanol–water partition coefficient (Wildman–Crippen LogP) is 1.93. The van der Waals surface area contributed by atoms with E-state index in [4.69, 9.17) is 5.11 Å². The van der Waals surface area contributed by atoms with Gasteiger partial charge in [-0.15, -0.1) is 0 Å². The summed E-state index contributed by atoms with van der Waals surface area (Å²) in [7, 11) is 1.84. The van der Waals surface area contributed by atoms with Crippen LogP contribution in [0.3, 0.4) is 0 Å². The lowest BCUT2D eigenvalue weighted by atomic mass is 10.2. The Morgan fingerprint density at radius 3 is 2.57 bits per heavy atom. The summed E-state index contributed by atoms with van der Waals surface area (Å²) in [6.07, 6.45) is -0.00317. The Morgan fingerprint density at radius 2 is 2.21 bits per heavy atom. The van der Waals surface area contributed by atoms with Crippen molar-refractivity contribution in [1.29, 1.82) is 0 Å². The summed E-state index contributed by atoms with van der Waals surface area (Å²) in [4.78, 5) is 14.9. The second kappa shape index (κ2) is 4.13. The fourth-order valence-corrected chi connectivity index (χ4v) is 1.96. The number of halogens is 1. The van der Waals surface area contributed by atoms with E-state index in [9.17, 15) is 4.79 Å². The number of hydrogen-bond acceptors (Lipinski definition) is 2. The Hall–Kier alpha value is -0.840. The molecule has 1 aromatic rings. The molecule has 1 aromatic heterocycles. The lowest BCUT2D eigenvalue weighted by molar-refractivity contribution is -0.136. The highest BCUT2D eigenvalue weighted by Crippen LogP contribution is 2.22. The first-order valence-electron chi connectivity index (χ1n) is 4.36. The van der Waals surface area contributed by atoms with Gasteiger partial charge in [0.2, 0.25) is 0 Å². The number of nitrogens with zero attached hydrogens (tertiary/aromatic N) is 2. The van der Waals surface area contributed by atoms with Crippen LogP contribution in [0.15, 0.2) is 4.60 Å². The number of carboxylic acids is 1. The number of aliphatic carboxylic acids is 1. The van der Waals surface area contributed by atoms with Gasteiger partial charge in [-0.05, 0) is 15.9 Å². The molecule has 0 spiro atoms. The van der Waals surface area contributed by atoms with Crippen LogP contribution < -0.4 is 0 Å². The number of hydrogen-bond donors (Lipinski definition) is 1. The molecule has 4 nitrogen and oxygen atoms in total. The molecule has 5 heteroatoms. The van der Waals surface area contributed by atoms with Crippen LogP contribution >= 0.6 is 15.9 Å². The fourth-order valence-electron chi connectivity index (χ4n) is 1.37. The molecule has 0 aliphatic heterocycles. The molecule has 0 saturated heterocycles. The van der Waals surface area contributed by atoms with Gasteiger partial charge in [0.15, 0.2) is 0 Å². The minimum Gasteiger partial charge on any atom is -0.481 e. The summed E-state index contributed by atoms with van der Waals surface area (Å²) in [5, 5.41) is 8.70. The van der Waals surface area contributed by atoms with Crippen LogP contribution in [-0.2, 0) is 18.3 Å². The number of imidazole rings is 1. The summed E-state index contributed by atoms with van der Waals surface area (Å²) < 4.78 is 2.47. The third-order valence-corrected chi connectivity index (χ3v) is 2.67. The van der Waals surface area contributed by atoms with Crippen LogP contribution in [0.5, 0.6) is 0 Å². The molecule has 0 aliphatic carbocycles. The summed E-state index contributed by atoms with van der Waals surface area (Å²) >= 11 is 3.27. The molecule has 0 amide bonds. The second-order valence-corrected chi connectivity index (χ2v) is 4.24. The quantitative estimate of drug-likeness (QED) is 0.904. The topological polar surface area (TPSA) is 55.1 Å². The van der Waals surface area contributed by atoms with Gasteiger partial charge in [0.1, 0.15) is 10.4 Å². The Labute approximate surface area is 91.1 Å². The van der Waals surface area contributed by atoms with E-state index in [1.54, 1.807) is 0 Å². The summed E-state index contributed by atoms with van der Waals surface area (Å²) in [6.45, 7) is 4.05. The first kappa shape index (κ1) is 11.2. The van der Waals surface area contributed by atoms with Crippen molar-refractivity contribution in [2.24, 2.45) is 7.05 Å². The van der Waals surface area contributed by atoms with Gasteiger partial charge in [-0.3, -0.25) is 4.79 Å².